The SMILES string of the molecule is CC1=C(N)SC=C(CCc2ccc(CCC(C)(C)C(=O)NNC(=O)OC(C)(C)C)cc2)C1. The highest BCUT2D eigenvalue weighted by Gasteiger charge is 2.28. The van der Waals surface area contributed by atoms with Crippen molar-refractivity contribution in [2.75, 3.05) is 0 Å². The first-order chi connectivity index (χ1) is 14.9. The lowest BCUT2D eigenvalue weighted by Crippen LogP contribution is -2.49. The molecule has 1 aromatic rings. The number of hydrazine groups is 1. The second-order valence-electron chi connectivity index (χ2n) is 10.00. The van der Waals surface area contributed by atoms with Gasteiger partial charge in [0.15, 0.2) is 0 Å². The van der Waals surface area contributed by atoms with Gasteiger partial charge in [-0.05, 0) is 81.9 Å². The van der Waals surface area contributed by atoms with Gasteiger partial charge in [-0.1, -0.05) is 55.4 Å². The molecular weight excluding hydrogens is 422 g/mol. The van der Waals surface area contributed by atoms with E-state index >= 15 is 0 Å². The average molecular weight is 460 g/mol. The van der Waals surface area contributed by atoms with Crippen molar-refractivity contribution in [3.8, 4) is 0 Å². The Hall–Kier alpha value is -2.41. The van der Waals surface area contributed by atoms with Crippen LogP contribution in [-0.2, 0) is 22.4 Å². The van der Waals surface area contributed by atoms with Gasteiger partial charge in [0.05, 0.1) is 5.03 Å². The van der Waals surface area contributed by atoms with E-state index in [1.165, 1.54) is 22.3 Å². The molecule has 1 aliphatic heterocycles. The van der Waals surface area contributed by atoms with Crippen LogP contribution in [0.2, 0.25) is 0 Å². The molecule has 0 radical (unpaired) electrons. The molecule has 0 bridgehead atoms. The quantitative estimate of drug-likeness (QED) is 0.478. The summed E-state index contributed by atoms with van der Waals surface area (Å²) >= 11 is 1.62. The Morgan fingerprint density at radius 3 is 2.16 bits per heavy atom. The van der Waals surface area contributed by atoms with E-state index in [-0.39, 0.29) is 5.91 Å². The van der Waals surface area contributed by atoms with Crippen molar-refractivity contribution in [1.29, 1.82) is 0 Å². The highest BCUT2D eigenvalue weighted by Crippen LogP contribution is 2.31. The monoisotopic (exact) mass is 459 g/mol. The Balaban J connectivity index is 1.78. The number of hydrogen-bond acceptors (Lipinski definition) is 5. The lowest BCUT2D eigenvalue weighted by atomic mass is 9.85. The molecule has 1 aromatic carbocycles. The van der Waals surface area contributed by atoms with Crippen LogP contribution in [0.1, 0.15) is 71.9 Å². The van der Waals surface area contributed by atoms with E-state index < -0.39 is 17.1 Å². The molecule has 0 saturated carbocycles. The summed E-state index contributed by atoms with van der Waals surface area (Å²) < 4.78 is 5.13. The topological polar surface area (TPSA) is 93.5 Å². The molecule has 4 N–H and O–H groups in total. The number of nitrogens with one attached hydrogen (secondary N) is 2. The van der Waals surface area contributed by atoms with Gasteiger partial charge in [0.1, 0.15) is 5.60 Å². The molecule has 0 atom stereocenters. The van der Waals surface area contributed by atoms with Gasteiger partial charge in [-0.2, -0.15) is 0 Å². The molecule has 2 rings (SSSR count). The Morgan fingerprint density at radius 1 is 1.00 bits per heavy atom. The minimum Gasteiger partial charge on any atom is -0.443 e. The molecule has 1 heterocycles. The molecule has 0 aliphatic carbocycles. The zero-order valence-electron chi connectivity index (χ0n) is 20.1. The predicted molar refractivity (Wildman–Crippen MR) is 132 cm³/mol. The van der Waals surface area contributed by atoms with Crippen molar-refractivity contribution in [1.82, 2.24) is 10.9 Å². The summed E-state index contributed by atoms with van der Waals surface area (Å²) in [5, 5.41) is 3.11. The highest BCUT2D eigenvalue weighted by molar-refractivity contribution is 8.05. The third-order valence-corrected chi connectivity index (χ3v) is 6.41. The summed E-state index contributed by atoms with van der Waals surface area (Å²) in [4.78, 5) is 24.2. The molecule has 0 saturated heterocycles. The Labute approximate surface area is 196 Å². The number of allylic oxidation sites excluding steroid dienone is 2. The number of benzene rings is 1. The zero-order chi connectivity index (χ0) is 23.9. The Kier molecular flexibility index (Phi) is 8.84. The zero-order valence-corrected chi connectivity index (χ0v) is 20.9. The van der Waals surface area contributed by atoms with Crippen LogP contribution < -0.4 is 16.6 Å². The van der Waals surface area contributed by atoms with Crippen LogP contribution in [0, 0.1) is 5.41 Å². The van der Waals surface area contributed by atoms with Crippen molar-refractivity contribution in [3.63, 3.8) is 0 Å². The lowest BCUT2D eigenvalue weighted by Gasteiger charge is -2.25. The van der Waals surface area contributed by atoms with Crippen LogP contribution in [0.5, 0.6) is 0 Å². The fraction of sp³-hybridized carbons (Fsp3) is 0.520. The second kappa shape index (κ2) is 10.9. The van der Waals surface area contributed by atoms with Gasteiger partial charge >= 0.3 is 6.09 Å². The normalized spacial score (nSPS) is 14.6. The number of aryl methyl sites for hydroxylation is 2. The first-order valence-corrected chi connectivity index (χ1v) is 11.9. The van der Waals surface area contributed by atoms with Gasteiger partial charge in [0.2, 0.25) is 5.91 Å². The number of ether oxygens (including phenoxy) is 1. The number of carbonyl (C=O) groups is 2. The first-order valence-electron chi connectivity index (χ1n) is 11.0. The Bertz CT molecular complexity index is 881. The van der Waals surface area contributed by atoms with E-state index in [2.05, 4.69) is 47.4 Å². The largest absolute Gasteiger partial charge is 0.443 e. The fourth-order valence-corrected chi connectivity index (χ4v) is 3.96. The minimum atomic E-state index is -0.672. The van der Waals surface area contributed by atoms with Crippen LogP contribution in [0.4, 0.5) is 4.79 Å². The summed E-state index contributed by atoms with van der Waals surface area (Å²) in [6.07, 6.45) is 3.77. The third-order valence-electron chi connectivity index (χ3n) is 5.35. The summed E-state index contributed by atoms with van der Waals surface area (Å²) in [5.41, 5.74) is 14.7. The van der Waals surface area contributed by atoms with E-state index in [1.54, 1.807) is 32.5 Å². The van der Waals surface area contributed by atoms with Crippen LogP contribution >= 0.6 is 11.8 Å². The van der Waals surface area contributed by atoms with Crippen LogP contribution in [0.25, 0.3) is 0 Å². The number of rotatable bonds is 7. The fourth-order valence-electron chi connectivity index (χ4n) is 3.19. The number of nitrogens with two attached hydrogens (primary N) is 1. The summed E-state index contributed by atoms with van der Waals surface area (Å²) in [7, 11) is 0. The smallest absolute Gasteiger partial charge is 0.426 e. The van der Waals surface area contributed by atoms with E-state index in [1.807, 2.05) is 13.8 Å². The van der Waals surface area contributed by atoms with Crippen molar-refractivity contribution in [3.05, 3.63) is 57.0 Å². The predicted octanol–water partition coefficient (Wildman–Crippen LogP) is 5.34. The summed E-state index contributed by atoms with van der Waals surface area (Å²) in [5.74, 6) is -0.247. The molecule has 0 spiro atoms. The summed E-state index contributed by atoms with van der Waals surface area (Å²) in [6.45, 7) is 11.1. The summed E-state index contributed by atoms with van der Waals surface area (Å²) in [6, 6.07) is 8.60. The van der Waals surface area contributed by atoms with Crippen LogP contribution in [0.15, 0.2) is 45.8 Å². The number of thioether (sulfide) groups is 1. The molecule has 176 valence electrons. The van der Waals surface area contributed by atoms with Crippen molar-refractivity contribution in [2.45, 2.75) is 79.2 Å². The molecule has 0 aromatic heterocycles. The molecule has 1 aliphatic rings. The molecular formula is C25H37N3O3S. The van der Waals surface area contributed by atoms with E-state index in [9.17, 15) is 9.59 Å². The first kappa shape index (κ1) is 25.8. The number of carbonyl (C=O) groups excluding carboxylic acids is 2. The van der Waals surface area contributed by atoms with Crippen LogP contribution in [-0.4, -0.2) is 17.6 Å². The average Bonchev–Trinajstić information content (AvgIpc) is 2.71. The van der Waals surface area contributed by atoms with E-state index in [4.69, 9.17) is 10.5 Å². The van der Waals surface area contributed by atoms with Gasteiger partial charge in [0.25, 0.3) is 0 Å². The molecule has 0 unspecified atom stereocenters. The molecule has 2 amide bonds. The van der Waals surface area contributed by atoms with Crippen molar-refractivity contribution in [2.24, 2.45) is 11.1 Å². The van der Waals surface area contributed by atoms with Crippen molar-refractivity contribution < 1.29 is 14.3 Å². The third kappa shape index (κ3) is 8.61. The minimum absolute atomic E-state index is 0.247. The molecule has 32 heavy (non-hydrogen) atoms. The molecule has 6 nitrogen and oxygen atoms in total. The standard InChI is InChI=1S/C25H37N3O3S/c1-17-15-20(16-32-21(17)26)12-11-18-7-9-19(10-8-18)13-14-25(5,6)22(29)27-28-23(30)31-24(2,3)4/h7-10,16H,11-15,26H2,1-6H3,(H,27,29)(H,28,30). The van der Waals surface area contributed by atoms with Gasteiger partial charge < -0.3 is 10.5 Å². The van der Waals surface area contributed by atoms with E-state index in [0.29, 0.717) is 6.42 Å². The maximum atomic E-state index is 12.5. The molecule has 7 heteroatoms. The Morgan fingerprint density at radius 2 is 1.59 bits per heavy atom. The van der Waals surface area contributed by atoms with E-state index in [0.717, 1.165) is 30.7 Å². The van der Waals surface area contributed by atoms with Crippen LogP contribution in [0.3, 0.4) is 0 Å². The maximum absolute atomic E-state index is 12.5. The van der Waals surface area contributed by atoms with Crippen molar-refractivity contribution >= 4 is 23.8 Å². The number of amides is 2. The number of hydrogen-bond donors (Lipinski definition) is 3. The van der Waals surface area contributed by atoms with Gasteiger partial charge in [-0.25, -0.2) is 10.2 Å². The lowest BCUT2D eigenvalue weighted by molar-refractivity contribution is -0.130. The maximum Gasteiger partial charge on any atom is 0.426 e. The highest BCUT2D eigenvalue weighted by atomic mass is 32.2. The van der Waals surface area contributed by atoms with Gasteiger partial charge in [-0.15, -0.1) is 0 Å². The van der Waals surface area contributed by atoms with Gasteiger partial charge in [0, 0.05) is 5.41 Å². The second-order valence-corrected chi connectivity index (χ2v) is 10.9. The van der Waals surface area contributed by atoms with Gasteiger partial charge in [-0.3, -0.25) is 10.2 Å². The molecule has 0 fully saturated rings.